The van der Waals surface area contributed by atoms with Crippen molar-refractivity contribution in [3.8, 4) is 0 Å². The lowest BCUT2D eigenvalue weighted by atomic mass is 10.1. The Balaban J connectivity index is 2.15. The Hall–Kier alpha value is -0.770. The summed E-state index contributed by atoms with van der Waals surface area (Å²) in [6.07, 6.45) is 1.16. The summed E-state index contributed by atoms with van der Waals surface area (Å²) in [5.41, 5.74) is 0.508. The molecule has 2 rings (SSSR count). The van der Waals surface area contributed by atoms with Crippen LogP contribution in [0.2, 0.25) is 10.0 Å². The first kappa shape index (κ1) is 12.7. The zero-order valence-corrected chi connectivity index (χ0v) is 10.7. The van der Waals surface area contributed by atoms with E-state index in [1.165, 1.54) is 0 Å². The Labute approximate surface area is 110 Å². The van der Waals surface area contributed by atoms with Crippen molar-refractivity contribution < 1.29 is 9.90 Å². The molecule has 1 fully saturated rings. The van der Waals surface area contributed by atoms with Gasteiger partial charge in [-0.3, -0.25) is 4.79 Å². The van der Waals surface area contributed by atoms with Crippen LogP contribution in [0.3, 0.4) is 0 Å². The number of amides is 1. The van der Waals surface area contributed by atoms with Crippen LogP contribution in [0.4, 0.5) is 0 Å². The first-order valence-corrected chi connectivity index (χ1v) is 6.26. The number of hydrogen-bond donors (Lipinski definition) is 1. The Bertz CT molecular complexity index is 437. The predicted molar refractivity (Wildman–Crippen MR) is 67.6 cm³/mol. The molecule has 5 heteroatoms. The van der Waals surface area contributed by atoms with Gasteiger partial charge in [0, 0.05) is 18.7 Å². The summed E-state index contributed by atoms with van der Waals surface area (Å²) in [6, 6.07) is 4.82. The second-order valence-electron chi connectivity index (χ2n) is 4.18. The lowest BCUT2D eigenvalue weighted by Gasteiger charge is -2.30. The maximum absolute atomic E-state index is 12.1. The normalized spacial score (nSPS) is 20.4. The fourth-order valence-corrected chi connectivity index (χ4v) is 2.25. The van der Waals surface area contributed by atoms with Gasteiger partial charge in [0.05, 0.1) is 16.1 Å². The van der Waals surface area contributed by atoms with Crippen LogP contribution in [0.5, 0.6) is 0 Å². The van der Waals surface area contributed by atoms with E-state index in [0.717, 1.165) is 12.8 Å². The second kappa shape index (κ2) is 5.25. The molecule has 0 spiro atoms. The molecule has 92 valence electrons. The molecule has 1 aromatic carbocycles. The van der Waals surface area contributed by atoms with Crippen LogP contribution in [0.15, 0.2) is 18.2 Å². The highest BCUT2D eigenvalue weighted by molar-refractivity contribution is 6.42. The minimum atomic E-state index is -0.421. The summed E-state index contributed by atoms with van der Waals surface area (Å²) < 4.78 is 0. The van der Waals surface area contributed by atoms with Crippen LogP contribution in [0.1, 0.15) is 23.2 Å². The molecule has 1 saturated heterocycles. The molecule has 1 atom stereocenters. The molecule has 0 unspecified atom stereocenters. The standard InChI is InChI=1S/C12H13Cl2NO2/c13-10-4-3-8(6-11(10)14)12(17)15-5-1-2-9(16)7-15/h3-4,6,9,16H,1-2,5,7H2/t9-/m0/s1. The summed E-state index contributed by atoms with van der Waals surface area (Å²) in [5, 5.41) is 10.3. The van der Waals surface area contributed by atoms with Gasteiger partial charge in [0.25, 0.3) is 5.91 Å². The Morgan fingerprint density at radius 3 is 2.76 bits per heavy atom. The maximum Gasteiger partial charge on any atom is 0.253 e. The van der Waals surface area contributed by atoms with Crippen LogP contribution in [0.25, 0.3) is 0 Å². The first-order valence-electron chi connectivity index (χ1n) is 5.50. The molecule has 1 amide bonds. The number of aliphatic hydroxyl groups is 1. The van der Waals surface area contributed by atoms with E-state index in [9.17, 15) is 9.90 Å². The summed E-state index contributed by atoms with van der Waals surface area (Å²) in [6.45, 7) is 1.06. The predicted octanol–water partition coefficient (Wildman–Crippen LogP) is 2.59. The van der Waals surface area contributed by atoms with Gasteiger partial charge in [-0.15, -0.1) is 0 Å². The highest BCUT2D eigenvalue weighted by Gasteiger charge is 2.23. The number of benzene rings is 1. The number of piperidine rings is 1. The fourth-order valence-electron chi connectivity index (χ4n) is 1.95. The third-order valence-corrected chi connectivity index (χ3v) is 3.59. The van der Waals surface area contributed by atoms with Crippen LogP contribution in [-0.4, -0.2) is 35.1 Å². The SMILES string of the molecule is O=C(c1ccc(Cl)c(Cl)c1)N1CCC[C@H](O)C1. The minimum absolute atomic E-state index is 0.109. The van der Waals surface area contributed by atoms with Gasteiger partial charge in [-0.1, -0.05) is 23.2 Å². The first-order chi connectivity index (χ1) is 8.08. The molecule has 0 radical (unpaired) electrons. The highest BCUT2D eigenvalue weighted by atomic mass is 35.5. The topological polar surface area (TPSA) is 40.5 Å². The average molecular weight is 274 g/mol. The molecule has 1 aliphatic heterocycles. The van der Waals surface area contributed by atoms with Gasteiger partial charge in [0.2, 0.25) is 0 Å². The van der Waals surface area contributed by atoms with E-state index in [4.69, 9.17) is 23.2 Å². The molecule has 1 aliphatic rings. The number of nitrogens with zero attached hydrogens (tertiary/aromatic N) is 1. The third kappa shape index (κ3) is 2.92. The second-order valence-corrected chi connectivity index (χ2v) is 4.99. The van der Waals surface area contributed by atoms with Crippen LogP contribution in [-0.2, 0) is 0 Å². The molecule has 0 aliphatic carbocycles. The summed E-state index contributed by atoms with van der Waals surface area (Å²) in [7, 11) is 0. The Morgan fingerprint density at radius 2 is 2.12 bits per heavy atom. The zero-order valence-electron chi connectivity index (χ0n) is 9.20. The van der Waals surface area contributed by atoms with E-state index in [1.54, 1.807) is 23.1 Å². The number of carbonyl (C=O) groups excluding carboxylic acids is 1. The molecule has 0 bridgehead atoms. The van der Waals surface area contributed by atoms with Gasteiger partial charge in [0.1, 0.15) is 0 Å². The van der Waals surface area contributed by atoms with Gasteiger partial charge in [-0.2, -0.15) is 0 Å². The van der Waals surface area contributed by atoms with Gasteiger partial charge in [0.15, 0.2) is 0 Å². The van der Waals surface area contributed by atoms with E-state index in [0.29, 0.717) is 28.7 Å². The molecule has 1 N–H and O–H groups in total. The number of aliphatic hydroxyl groups excluding tert-OH is 1. The Kier molecular flexibility index (Phi) is 3.92. The number of rotatable bonds is 1. The monoisotopic (exact) mass is 273 g/mol. The molecule has 0 saturated carbocycles. The van der Waals surface area contributed by atoms with Crippen molar-refractivity contribution in [1.82, 2.24) is 4.90 Å². The summed E-state index contributed by atoms with van der Waals surface area (Å²) >= 11 is 11.7. The summed E-state index contributed by atoms with van der Waals surface area (Å²) in [5.74, 6) is -0.109. The van der Waals surface area contributed by atoms with E-state index in [-0.39, 0.29) is 5.91 Å². The number of likely N-dealkylation sites (tertiary alicyclic amines) is 1. The number of hydrogen-bond acceptors (Lipinski definition) is 2. The molecule has 1 aromatic rings. The largest absolute Gasteiger partial charge is 0.391 e. The van der Waals surface area contributed by atoms with Gasteiger partial charge in [-0.05, 0) is 31.0 Å². The molecule has 3 nitrogen and oxygen atoms in total. The highest BCUT2D eigenvalue weighted by Crippen LogP contribution is 2.24. The van der Waals surface area contributed by atoms with E-state index in [1.807, 2.05) is 0 Å². The zero-order chi connectivity index (χ0) is 12.4. The van der Waals surface area contributed by atoms with Gasteiger partial charge < -0.3 is 10.0 Å². The van der Waals surface area contributed by atoms with E-state index < -0.39 is 6.10 Å². The smallest absolute Gasteiger partial charge is 0.253 e. The number of halogens is 2. The van der Waals surface area contributed by atoms with Gasteiger partial charge in [-0.25, -0.2) is 0 Å². The molecule has 0 aromatic heterocycles. The van der Waals surface area contributed by atoms with Gasteiger partial charge >= 0.3 is 0 Å². The van der Waals surface area contributed by atoms with Crippen molar-refractivity contribution in [3.63, 3.8) is 0 Å². The van der Waals surface area contributed by atoms with Crippen molar-refractivity contribution in [1.29, 1.82) is 0 Å². The van der Waals surface area contributed by atoms with E-state index >= 15 is 0 Å². The van der Waals surface area contributed by atoms with Crippen molar-refractivity contribution in [2.24, 2.45) is 0 Å². The average Bonchev–Trinajstić information content (AvgIpc) is 2.32. The summed E-state index contributed by atoms with van der Waals surface area (Å²) in [4.78, 5) is 13.8. The number of carbonyl (C=O) groups is 1. The molecular weight excluding hydrogens is 261 g/mol. The third-order valence-electron chi connectivity index (χ3n) is 2.85. The van der Waals surface area contributed by atoms with Crippen molar-refractivity contribution >= 4 is 29.1 Å². The molecular formula is C12H13Cl2NO2. The molecule has 1 heterocycles. The van der Waals surface area contributed by atoms with Crippen LogP contribution < -0.4 is 0 Å². The fraction of sp³-hybridized carbons (Fsp3) is 0.417. The quantitative estimate of drug-likeness (QED) is 0.855. The maximum atomic E-state index is 12.1. The van der Waals surface area contributed by atoms with Crippen molar-refractivity contribution in [2.75, 3.05) is 13.1 Å². The lowest BCUT2D eigenvalue weighted by Crippen LogP contribution is -2.42. The van der Waals surface area contributed by atoms with Crippen LogP contribution >= 0.6 is 23.2 Å². The lowest BCUT2D eigenvalue weighted by molar-refractivity contribution is 0.0474. The molecule has 17 heavy (non-hydrogen) atoms. The van der Waals surface area contributed by atoms with Crippen LogP contribution in [0, 0.1) is 0 Å². The van der Waals surface area contributed by atoms with E-state index in [2.05, 4.69) is 0 Å². The van der Waals surface area contributed by atoms with Crippen molar-refractivity contribution in [2.45, 2.75) is 18.9 Å². The minimum Gasteiger partial charge on any atom is -0.391 e. The van der Waals surface area contributed by atoms with Crippen molar-refractivity contribution in [3.05, 3.63) is 33.8 Å². The number of β-amino-alcohol motifs (C(OH)–C–C–N with tert-alkyl or cyclic N) is 1. The Morgan fingerprint density at radius 1 is 1.35 bits per heavy atom.